The highest BCUT2D eigenvalue weighted by Crippen LogP contribution is 2.27. The molecule has 9 nitrogen and oxygen atoms in total. The minimum absolute atomic E-state index is 0.0409. The quantitative estimate of drug-likeness (QED) is 0.533. The summed E-state index contributed by atoms with van der Waals surface area (Å²) in [7, 11) is -3.92. The molecule has 1 saturated carbocycles. The summed E-state index contributed by atoms with van der Waals surface area (Å²) in [5.41, 5.74) is 0.459. The molecule has 1 aliphatic rings. The summed E-state index contributed by atoms with van der Waals surface area (Å²) in [4.78, 5) is 33.8. The molecule has 10 heteroatoms. The molecule has 2 rings (SSSR count). The van der Waals surface area contributed by atoms with Gasteiger partial charge in [0.1, 0.15) is 0 Å². The highest BCUT2D eigenvalue weighted by Gasteiger charge is 2.36. The summed E-state index contributed by atoms with van der Waals surface area (Å²) in [5.74, 6) is -2.15. The second-order valence-electron chi connectivity index (χ2n) is 6.26. The summed E-state index contributed by atoms with van der Waals surface area (Å²) >= 11 is 0. The lowest BCUT2D eigenvalue weighted by atomic mass is 9.80. The number of amides is 2. The number of carbonyl (C=O) groups is 3. The van der Waals surface area contributed by atoms with Crippen molar-refractivity contribution in [3.63, 3.8) is 0 Å². The minimum Gasteiger partial charge on any atom is -0.481 e. The first-order valence-electron chi connectivity index (χ1n) is 8.01. The molecule has 1 aliphatic carbocycles. The molecule has 26 heavy (non-hydrogen) atoms. The Hall–Kier alpha value is -2.46. The van der Waals surface area contributed by atoms with Crippen molar-refractivity contribution < 1.29 is 27.9 Å². The first-order valence-corrected chi connectivity index (χ1v) is 9.50. The van der Waals surface area contributed by atoms with Crippen LogP contribution in [0.3, 0.4) is 0 Å². The van der Waals surface area contributed by atoms with Crippen LogP contribution in [0.25, 0.3) is 0 Å². The first-order chi connectivity index (χ1) is 12.1. The average molecular weight is 383 g/mol. The van der Waals surface area contributed by atoms with Crippen LogP contribution in [0, 0.1) is 5.92 Å². The second kappa shape index (κ2) is 7.83. The lowest BCUT2D eigenvalue weighted by Gasteiger charge is -2.33. The van der Waals surface area contributed by atoms with Crippen LogP contribution in [0.5, 0.6) is 0 Å². The predicted octanol–water partition coefficient (Wildman–Crippen LogP) is 0.291. The molecule has 1 fully saturated rings. The number of sulfonamides is 1. The zero-order valence-electron chi connectivity index (χ0n) is 14.4. The van der Waals surface area contributed by atoms with Crippen molar-refractivity contribution in [3.8, 4) is 0 Å². The number of aliphatic carboxylic acids is 1. The smallest absolute Gasteiger partial charge is 0.306 e. The fourth-order valence-corrected chi connectivity index (χ4v) is 3.74. The maximum atomic E-state index is 12.3. The molecule has 2 amide bonds. The van der Waals surface area contributed by atoms with Crippen molar-refractivity contribution in [1.29, 1.82) is 0 Å². The number of carboxylic acid groups (broad SMARTS) is 1. The Kier molecular flexibility index (Phi) is 5.98. The molecular formula is C16H21N3O6S. The van der Waals surface area contributed by atoms with Gasteiger partial charge in [0.2, 0.25) is 21.8 Å². The van der Waals surface area contributed by atoms with Gasteiger partial charge in [-0.15, -0.1) is 0 Å². The van der Waals surface area contributed by atoms with Gasteiger partial charge in [0.15, 0.2) is 0 Å². The number of hydrogen-bond donors (Lipinski definition) is 4. The van der Waals surface area contributed by atoms with Crippen molar-refractivity contribution in [3.05, 3.63) is 24.3 Å². The normalized spacial score (nSPS) is 20.5. The first kappa shape index (κ1) is 19.9. The molecular weight excluding hydrogens is 362 g/mol. The number of hydrogen-bond acceptors (Lipinski definition) is 5. The maximum absolute atomic E-state index is 12.3. The van der Waals surface area contributed by atoms with Crippen LogP contribution < -0.4 is 15.4 Å². The molecule has 0 aromatic heterocycles. The Labute approximate surface area is 151 Å². The van der Waals surface area contributed by atoms with Gasteiger partial charge in [-0.05, 0) is 44.0 Å². The monoisotopic (exact) mass is 383 g/mol. The van der Waals surface area contributed by atoms with Crippen molar-refractivity contribution in [2.24, 2.45) is 5.92 Å². The van der Waals surface area contributed by atoms with Gasteiger partial charge in [-0.1, -0.05) is 0 Å². The lowest BCUT2D eigenvalue weighted by Crippen LogP contribution is -2.52. The Morgan fingerprint density at radius 1 is 1.15 bits per heavy atom. The summed E-state index contributed by atoms with van der Waals surface area (Å²) in [6.07, 6.45) is 0.677. The highest BCUT2D eigenvalue weighted by atomic mass is 32.2. The molecule has 0 heterocycles. The molecule has 1 aromatic carbocycles. The average Bonchev–Trinajstić information content (AvgIpc) is 2.49. The fraction of sp³-hybridized carbons (Fsp3) is 0.438. The van der Waals surface area contributed by atoms with Crippen LogP contribution in [-0.2, 0) is 24.4 Å². The number of benzene rings is 1. The number of carboxylic acids is 1. The van der Waals surface area contributed by atoms with E-state index in [1.165, 1.54) is 38.1 Å². The Bertz CT molecular complexity index is 800. The van der Waals surface area contributed by atoms with E-state index in [1.54, 1.807) is 0 Å². The summed E-state index contributed by atoms with van der Waals surface area (Å²) in [6, 6.07) is 4.26. The Morgan fingerprint density at radius 3 is 2.23 bits per heavy atom. The number of rotatable bonds is 7. The largest absolute Gasteiger partial charge is 0.481 e. The third-order valence-electron chi connectivity index (χ3n) is 4.04. The predicted molar refractivity (Wildman–Crippen MR) is 92.8 cm³/mol. The SMILES string of the molecule is CC(=O)Nc1ccc(S(=O)(=O)NC(C)C(=O)NC2CC(C(=O)O)C2)cc1. The van der Waals surface area contributed by atoms with Crippen LogP contribution in [0.1, 0.15) is 26.7 Å². The van der Waals surface area contributed by atoms with Crippen molar-refractivity contribution in [2.45, 2.75) is 43.7 Å². The summed E-state index contributed by atoms with van der Waals surface area (Å²) in [5, 5.41) is 14.0. The Balaban J connectivity index is 1.92. The topological polar surface area (TPSA) is 142 Å². The molecule has 142 valence electrons. The third kappa shape index (κ3) is 5.02. The second-order valence-corrected chi connectivity index (χ2v) is 7.97. The van der Waals surface area contributed by atoms with Crippen LogP contribution in [0.4, 0.5) is 5.69 Å². The van der Waals surface area contributed by atoms with E-state index in [-0.39, 0.29) is 16.8 Å². The van der Waals surface area contributed by atoms with Crippen molar-refractivity contribution in [2.75, 3.05) is 5.32 Å². The van der Waals surface area contributed by atoms with E-state index in [9.17, 15) is 22.8 Å². The van der Waals surface area contributed by atoms with Gasteiger partial charge >= 0.3 is 5.97 Å². The van der Waals surface area contributed by atoms with Crippen molar-refractivity contribution in [1.82, 2.24) is 10.0 Å². The van der Waals surface area contributed by atoms with Gasteiger partial charge in [0.25, 0.3) is 0 Å². The number of anilines is 1. The summed E-state index contributed by atoms with van der Waals surface area (Å²) < 4.78 is 26.9. The molecule has 0 bridgehead atoms. The zero-order chi connectivity index (χ0) is 19.5. The molecule has 1 unspecified atom stereocenters. The van der Waals surface area contributed by atoms with E-state index in [1.807, 2.05) is 0 Å². The number of carbonyl (C=O) groups excluding carboxylic acids is 2. The van der Waals surface area contributed by atoms with Gasteiger partial charge in [-0.25, -0.2) is 8.42 Å². The Morgan fingerprint density at radius 2 is 1.73 bits per heavy atom. The van der Waals surface area contributed by atoms with Gasteiger partial charge in [0, 0.05) is 18.7 Å². The third-order valence-corrected chi connectivity index (χ3v) is 5.60. The van der Waals surface area contributed by atoms with E-state index >= 15 is 0 Å². The van der Waals surface area contributed by atoms with E-state index in [0.717, 1.165) is 0 Å². The van der Waals surface area contributed by atoms with Gasteiger partial charge in [-0.3, -0.25) is 14.4 Å². The molecule has 1 atom stereocenters. The van der Waals surface area contributed by atoms with Crippen molar-refractivity contribution >= 4 is 33.5 Å². The van der Waals surface area contributed by atoms with E-state index in [0.29, 0.717) is 18.5 Å². The standard InChI is InChI=1S/C16H21N3O6S/c1-9(15(21)18-13-7-11(8-13)16(22)23)19-26(24,25)14-5-3-12(4-6-14)17-10(2)20/h3-6,9,11,13,19H,7-8H2,1-2H3,(H,17,20)(H,18,21)(H,22,23). The van der Waals surface area contributed by atoms with E-state index in [2.05, 4.69) is 15.4 Å². The van der Waals surface area contributed by atoms with Gasteiger partial charge < -0.3 is 15.7 Å². The summed E-state index contributed by atoms with van der Waals surface area (Å²) in [6.45, 7) is 2.75. The lowest BCUT2D eigenvalue weighted by molar-refractivity contribution is -0.146. The molecule has 4 N–H and O–H groups in total. The van der Waals surface area contributed by atoms with Crippen LogP contribution in [0.2, 0.25) is 0 Å². The molecule has 0 aliphatic heterocycles. The maximum Gasteiger partial charge on any atom is 0.306 e. The van der Waals surface area contributed by atoms with Gasteiger partial charge in [0.05, 0.1) is 16.9 Å². The molecule has 0 radical (unpaired) electrons. The molecule has 1 aromatic rings. The van der Waals surface area contributed by atoms with Crippen LogP contribution in [0.15, 0.2) is 29.2 Å². The highest BCUT2D eigenvalue weighted by molar-refractivity contribution is 7.89. The van der Waals surface area contributed by atoms with Crippen LogP contribution >= 0.6 is 0 Å². The fourth-order valence-electron chi connectivity index (χ4n) is 2.54. The molecule has 0 saturated heterocycles. The van der Waals surface area contributed by atoms with Gasteiger partial charge in [-0.2, -0.15) is 4.72 Å². The van der Waals surface area contributed by atoms with Crippen LogP contribution in [-0.4, -0.2) is 43.4 Å². The van der Waals surface area contributed by atoms with E-state index in [4.69, 9.17) is 5.11 Å². The molecule has 0 spiro atoms. The van der Waals surface area contributed by atoms with E-state index < -0.39 is 33.9 Å². The number of nitrogens with one attached hydrogen (secondary N) is 3. The zero-order valence-corrected chi connectivity index (χ0v) is 15.2. The minimum atomic E-state index is -3.92.